The highest BCUT2D eigenvalue weighted by Gasteiger charge is 2.40. The van der Waals surface area contributed by atoms with Gasteiger partial charge >= 0.3 is 0 Å². The zero-order valence-corrected chi connectivity index (χ0v) is 13.7. The van der Waals surface area contributed by atoms with Crippen molar-refractivity contribution in [3.8, 4) is 0 Å². The van der Waals surface area contributed by atoms with Crippen LogP contribution in [0, 0.1) is 5.92 Å². The van der Waals surface area contributed by atoms with E-state index < -0.39 is 0 Å². The van der Waals surface area contributed by atoms with E-state index >= 15 is 0 Å². The van der Waals surface area contributed by atoms with Crippen molar-refractivity contribution in [2.75, 3.05) is 18.1 Å². The van der Waals surface area contributed by atoms with Crippen LogP contribution >= 0.6 is 23.4 Å². The predicted octanol–water partition coefficient (Wildman–Crippen LogP) is 4.14. The Kier molecular flexibility index (Phi) is 4.92. The molecular weight excluding hydrogens is 304 g/mol. The van der Waals surface area contributed by atoms with Gasteiger partial charge in [0.05, 0.1) is 5.60 Å². The Morgan fingerprint density at radius 1 is 1.29 bits per heavy atom. The fourth-order valence-electron chi connectivity index (χ4n) is 3.34. The van der Waals surface area contributed by atoms with Gasteiger partial charge in [0, 0.05) is 24.0 Å². The van der Waals surface area contributed by atoms with Gasteiger partial charge in [-0.1, -0.05) is 23.7 Å². The summed E-state index contributed by atoms with van der Waals surface area (Å²) in [7, 11) is 0. The molecule has 1 unspecified atom stereocenters. The van der Waals surface area contributed by atoms with Crippen LogP contribution in [-0.4, -0.2) is 29.5 Å². The number of thioether (sulfide) groups is 1. The molecule has 2 aliphatic heterocycles. The van der Waals surface area contributed by atoms with Crippen LogP contribution in [0.25, 0.3) is 0 Å². The Morgan fingerprint density at radius 2 is 2.00 bits per heavy atom. The average molecular weight is 325 g/mol. The SMILES string of the molecule is O=C(Cc1ccc(Cl)cc1)C1CCOC2(CCSCC2)C1. The van der Waals surface area contributed by atoms with Gasteiger partial charge in [0.1, 0.15) is 5.78 Å². The normalized spacial score (nSPS) is 24.9. The van der Waals surface area contributed by atoms with Crippen LogP contribution in [0.3, 0.4) is 0 Å². The van der Waals surface area contributed by atoms with Crippen molar-refractivity contribution < 1.29 is 9.53 Å². The molecule has 0 saturated carbocycles. The first-order valence-corrected chi connectivity index (χ1v) is 9.19. The van der Waals surface area contributed by atoms with Gasteiger partial charge in [-0.2, -0.15) is 11.8 Å². The van der Waals surface area contributed by atoms with E-state index in [1.165, 1.54) is 0 Å². The van der Waals surface area contributed by atoms with Gasteiger partial charge < -0.3 is 4.74 Å². The minimum absolute atomic E-state index is 0.0101. The van der Waals surface area contributed by atoms with Crippen molar-refractivity contribution in [1.82, 2.24) is 0 Å². The molecule has 3 rings (SSSR count). The number of carbonyl (C=O) groups excluding carboxylic acids is 1. The highest BCUT2D eigenvalue weighted by molar-refractivity contribution is 7.99. The number of carbonyl (C=O) groups is 1. The molecule has 0 aromatic heterocycles. The van der Waals surface area contributed by atoms with Gasteiger partial charge in [-0.05, 0) is 54.9 Å². The number of Topliss-reactive ketones (excluding diaryl/α,β-unsaturated/α-hetero) is 1. The first-order valence-electron chi connectivity index (χ1n) is 7.66. The average Bonchev–Trinajstić information content (AvgIpc) is 2.50. The summed E-state index contributed by atoms with van der Waals surface area (Å²) >= 11 is 7.89. The molecule has 2 heterocycles. The molecule has 0 bridgehead atoms. The molecular formula is C17H21ClO2S. The zero-order valence-electron chi connectivity index (χ0n) is 12.1. The highest BCUT2D eigenvalue weighted by Crippen LogP contribution is 2.40. The van der Waals surface area contributed by atoms with Crippen molar-refractivity contribution >= 4 is 29.1 Å². The van der Waals surface area contributed by atoms with E-state index in [-0.39, 0.29) is 11.5 Å². The van der Waals surface area contributed by atoms with Crippen LogP contribution < -0.4 is 0 Å². The fourth-order valence-corrected chi connectivity index (χ4v) is 4.71. The number of rotatable bonds is 3. The summed E-state index contributed by atoms with van der Waals surface area (Å²) in [6.45, 7) is 0.738. The topological polar surface area (TPSA) is 26.3 Å². The third-order valence-electron chi connectivity index (χ3n) is 4.64. The quantitative estimate of drug-likeness (QED) is 0.835. The number of hydrogen-bond acceptors (Lipinski definition) is 3. The largest absolute Gasteiger partial charge is 0.375 e. The van der Waals surface area contributed by atoms with Crippen LogP contribution in [0.4, 0.5) is 0 Å². The molecule has 2 nitrogen and oxygen atoms in total. The summed E-state index contributed by atoms with van der Waals surface area (Å²) in [5, 5.41) is 0.718. The molecule has 1 spiro atoms. The lowest BCUT2D eigenvalue weighted by Crippen LogP contribution is -2.44. The Morgan fingerprint density at radius 3 is 2.71 bits per heavy atom. The Bertz CT molecular complexity index is 489. The van der Waals surface area contributed by atoms with Crippen LogP contribution in [0.2, 0.25) is 5.02 Å². The molecule has 0 aliphatic carbocycles. The smallest absolute Gasteiger partial charge is 0.140 e. The lowest BCUT2D eigenvalue weighted by atomic mass is 9.79. The summed E-state index contributed by atoms with van der Waals surface area (Å²) in [6.07, 6.45) is 4.51. The molecule has 0 N–H and O–H groups in total. The van der Waals surface area contributed by atoms with Gasteiger partial charge in [0.15, 0.2) is 0 Å². The molecule has 1 aromatic carbocycles. The summed E-state index contributed by atoms with van der Waals surface area (Å²) in [5.74, 6) is 2.85. The molecule has 2 aliphatic rings. The minimum atomic E-state index is -0.0101. The van der Waals surface area contributed by atoms with Gasteiger partial charge in [0.25, 0.3) is 0 Å². The maximum absolute atomic E-state index is 12.6. The van der Waals surface area contributed by atoms with E-state index in [0.717, 1.165) is 54.4 Å². The van der Waals surface area contributed by atoms with E-state index in [1.807, 2.05) is 36.0 Å². The number of halogens is 1. The van der Waals surface area contributed by atoms with Crippen molar-refractivity contribution in [2.45, 2.75) is 37.7 Å². The fraction of sp³-hybridized carbons (Fsp3) is 0.588. The lowest BCUT2D eigenvalue weighted by molar-refractivity contribution is -0.137. The van der Waals surface area contributed by atoms with Gasteiger partial charge in [-0.25, -0.2) is 0 Å². The first kappa shape index (κ1) is 15.4. The van der Waals surface area contributed by atoms with E-state index in [2.05, 4.69) is 0 Å². The number of ether oxygens (including phenoxy) is 1. The van der Waals surface area contributed by atoms with Crippen LogP contribution in [0.1, 0.15) is 31.2 Å². The molecule has 1 atom stereocenters. The maximum atomic E-state index is 12.6. The molecule has 2 fully saturated rings. The molecule has 1 aromatic rings. The van der Waals surface area contributed by atoms with Crippen LogP contribution in [0.5, 0.6) is 0 Å². The number of benzene rings is 1. The van der Waals surface area contributed by atoms with E-state index in [9.17, 15) is 4.79 Å². The van der Waals surface area contributed by atoms with Gasteiger partial charge in [-0.15, -0.1) is 0 Å². The third kappa shape index (κ3) is 3.82. The monoisotopic (exact) mass is 324 g/mol. The van der Waals surface area contributed by atoms with E-state index in [1.54, 1.807) is 0 Å². The Hall–Kier alpha value is -0.510. The standard InChI is InChI=1S/C17H21ClO2S/c18-15-3-1-13(2-4-15)11-16(19)14-5-8-20-17(12-14)6-9-21-10-7-17/h1-4,14H,5-12H2. The zero-order chi connectivity index (χ0) is 14.7. The number of ketones is 1. The Balaban J connectivity index is 1.62. The summed E-state index contributed by atoms with van der Waals surface area (Å²) in [6, 6.07) is 7.61. The molecule has 0 radical (unpaired) electrons. The number of hydrogen-bond donors (Lipinski definition) is 0. The maximum Gasteiger partial charge on any atom is 0.140 e. The summed E-state index contributed by atoms with van der Waals surface area (Å²) < 4.78 is 6.07. The Labute approximate surface area is 135 Å². The van der Waals surface area contributed by atoms with Crippen molar-refractivity contribution in [2.24, 2.45) is 5.92 Å². The predicted molar refractivity (Wildman–Crippen MR) is 88.1 cm³/mol. The van der Waals surface area contributed by atoms with Crippen molar-refractivity contribution in [3.05, 3.63) is 34.9 Å². The van der Waals surface area contributed by atoms with Gasteiger partial charge in [-0.3, -0.25) is 4.79 Å². The van der Waals surface area contributed by atoms with Crippen molar-refractivity contribution in [3.63, 3.8) is 0 Å². The minimum Gasteiger partial charge on any atom is -0.375 e. The molecule has 4 heteroatoms. The van der Waals surface area contributed by atoms with E-state index in [4.69, 9.17) is 16.3 Å². The van der Waals surface area contributed by atoms with E-state index in [0.29, 0.717) is 12.2 Å². The second-order valence-corrected chi connectivity index (χ2v) is 7.76. The summed E-state index contributed by atoms with van der Waals surface area (Å²) in [5.41, 5.74) is 1.05. The second kappa shape index (κ2) is 6.72. The first-order chi connectivity index (χ1) is 10.2. The lowest BCUT2D eigenvalue weighted by Gasteiger charge is -2.43. The molecule has 2 saturated heterocycles. The van der Waals surface area contributed by atoms with Gasteiger partial charge in [0.2, 0.25) is 0 Å². The molecule has 0 amide bonds. The summed E-state index contributed by atoms with van der Waals surface area (Å²) in [4.78, 5) is 12.6. The molecule has 21 heavy (non-hydrogen) atoms. The third-order valence-corrected chi connectivity index (χ3v) is 5.88. The molecule has 114 valence electrons. The second-order valence-electron chi connectivity index (χ2n) is 6.10. The van der Waals surface area contributed by atoms with Crippen LogP contribution in [0.15, 0.2) is 24.3 Å². The van der Waals surface area contributed by atoms with Crippen LogP contribution in [-0.2, 0) is 16.0 Å². The highest BCUT2D eigenvalue weighted by atomic mass is 35.5. The van der Waals surface area contributed by atoms with Crippen molar-refractivity contribution in [1.29, 1.82) is 0 Å².